The number of hydrogen-bond acceptors (Lipinski definition) is 4. The number of nitrogens with one attached hydrogen (secondary N) is 1. The number of aliphatic hydroxyl groups is 1. The Morgan fingerprint density at radius 2 is 0.833 bits per heavy atom. The van der Waals surface area contributed by atoms with Gasteiger partial charge in [-0.05, 0) is 46.0 Å². The molecule has 0 saturated heterocycles. The molecule has 0 unspecified atom stereocenters. The van der Waals surface area contributed by atoms with Crippen molar-refractivity contribution in [3.8, 4) is 0 Å². The minimum atomic E-state index is -0.536. The average Bonchev–Trinajstić information content (AvgIpc) is 3.07. The highest BCUT2D eigenvalue weighted by Crippen LogP contribution is 2.19. The fourth-order valence-electron chi connectivity index (χ4n) is 6.60. The van der Waals surface area contributed by atoms with Crippen molar-refractivity contribution >= 4 is 6.09 Å². The predicted octanol–water partition coefficient (Wildman–Crippen LogP) is 13.8. The molecule has 288 valence electrons. The molecule has 2 N–H and O–H groups in total. The Morgan fingerprint density at radius 3 is 1.15 bits per heavy atom. The molecule has 0 heterocycles. The molecule has 48 heavy (non-hydrogen) atoms. The molecule has 5 nitrogen and oxygen atoms in total. The third kappa shape index (κ3) is 36.5. The quantitative estimate of drug-likeness (QED) is 0.0634. The molecule has 0 rings (SSSR count). The summed E-state index contributed by atoms with van der Waals surface area (Å²) in [5.74, 6) is 0. The number of amides is 1. The first-order valence-electron chi connectivity index (χ1n) is 21.6. The van der Waals surface area contributed by atoms with Gasteiger partial charge in [0.25, 0.3) is 0 Å². The maximum atomic E-state index is 12.6. The summed E-state index contributed by atoms with van der Waals surface area (Å²) >= 11 is 0. The summed E-state index contributed by atoms with van der Waals surface area (Å²) in [6.07, 6.45) is 43.5. The average molecular weight is 682 g/mol. The molecule has 0 aromatic carbocycles. The van der Waals surface area contributed by atoms with Crippen molar-refractivity contribution < 1.29 is 19.4 Å². The number of aliphatic hydroxyl groups excluding tert-OH is 1. The van der Waals surface area contributed by atoms with Crippen molar-refractivity contribution in [1.29, 1.82) is 0 Å². The Balaban J connectivity index is 4.07. The van der Waals surface area contributed by atoms with Crippen LogP contribution in [-0.2, 0) is 9.47 Å². The third-order valence-corrected chi connectivity index (χ3v) is 10.00. The van der Waals surface area contributed by atoms with Gasteiger partial charge in [0, 0.05) is 13.2 Å². The van der Waals surface area contributed by atoms with E-state index >= 15 is 0 Å². The SMILES string of the molecule is CCCCCCCCCCCCCCCCCC(CCCCCCCCCCCCCCCCC)OC(=O)NCCCOC(C)(C)CO. The van der Waals surface area contributed by atoms with E-state index in [1.165, 1.54) is 180 Å². The van der Waals surface area contributed by atoms with E-state index in [1.807, 2.05) is 13.8 Å². The molecule has 0 aromatic rings. The van der Waals surface area contributed by atoms with Gasteiger partial charge < -0.3 is 19.9 Å². The normalized spacial score (nSPS) is 11.9. The van der Waals surface area contributed by atoms with E-state index in [0.717, 1.165) is 25.7 Å². The maximum Gasteiger partial charge on any atom is 0.407 e. The lowest BCUT2D eigenvalue weighted by Gasteiger charge is -2.22. The van der Waals surface area contributed by atoms with Crippen LogP contribution in [0.1, 0.15) is 240 Å². The molecular weight excluding hydrogens is 594 g/mol. The molecule has 0 radical (unpaired) electrons. The lowest BCUT2D eigenvalue weighted by molar-refractivity contribution is -0.0539. The summed E-state index contributed by atoms with van der Waals surface area (Å²) in [6, 6.07) is 0. The van der Waals surface area contributed by atoms with Crippen LogP contribution in [0, 0.1) is 0 Å². The van der Waals surface area contributed by atoms with Gasteiger partial charge >= 0.3 is 6.09 Å². The van der Waals surface area contributed by atoms with Crippen LogP contribution in [0.25, 0.3) is 0 Å². The Labute approximate surface area is 301 Å². The molecule has 0 aliphatic carbocycles. The van der Waals surface area contributed by atoms with Crippen LogP contribution in [-0.4, -0.2) is 42.7 Å². The highest BCUT2D eigenvalue weighted by Gasteiger charge is 2.17. The summed E-state index contributed by atoms with van der Waals surface area (Å²) in [4.78, 5) is 12.6. The largest absolute Gasteiger partial charge is 0.446 e. The second-order valence-electron chi connectivity index (χ2n) is 15.6. The highest BCUT2D eigenvalue weighted by molar-refractivity contribution is 5.67. The third-order valence-electron chi connectivity index (χ3n) is 10.00. The van der Waals surface area contributed by atoms with Crippen LogP contribution in [0.15, 0.2) is 0 Å². The number of ether oxygens (including phenoxy) is 2. The van der Waals surface area contributed by atoms with Gasteiger partial charge in [-0.25, -0.2) is 4.79 Å². The number of alkyl carbamates (subject to hydrolysis) is 1. The smallest absolute Gasteiger partial charge is 0.407 e. The van der Waals surface area contributed by atoms with Gasteiger partial charge in [-0.3, -0.25) is 0 Å². The molecule has 0 aliphatic rings. The van der Waals surface area contributed by atoms with Crippen molar-refractivity contribution in [3.63, 3.8) is 0 Å². The Bertz CT molecular complexity index is 606. The molecule has 5 heteroatoms. The summed E-state index contributed by atoms with van der Waals surface area (Å²) < 4.78 is 11.6. The Morgan fingerprint density at radius 1 is 0.521 bits per heavy atom. The molecule has 0 fully saturated rings. The van der Waals surface area contributed by atoms with Crippen molar-refractivity contribution in [2.45, 2.75) is 251 Å². The number of carbonyl (C=O) groups is 1. The summed E-state index contributed by atoms with van der Waals surface area (Å²) in [6.45, 7) is 9.35. The van der Waals surface area contributed by atoms with Gasteiger partial charge in [0.2, 0.25) is 0 Å². The Kier molecular flexibility index (Phi) is 36.8. The molecule has 1 amide bonds. The van der Waals surface area contributed by atoms with Crippen LogP contribution < -0.4 is 5.32 Å². The van der Waals surface area contributed by atoms with Crippen LogP contribution in [0.3, 0.4) is 0 Å². The summed E-state index contributed by atoms with van der Waals surface area (Å²) in [5, 5.41) is 12.3. The molecule has 0 spiro atoms. The first kappa shape index (κ1) is 47.2. The zero-order chi connectivity index (χ0) is 35.2. The van der Waals surface area contributed by atoms with Crippen molar-refractivity contribution in [1.82, 2.24) is 5.32 Å². The fraction of sp³-hybridized carbons (Fsp3) is 0.977. The number of carbonyl (C=O) groups excluding carboxylic acids is 1. The van der Waals surface area contributed by atoms with Gasteiger partial charge in [-0.1, -0.05) is 194 Å². The van der Waals surface area contributed by atoms with Crippen molar-refractivity contribution in [2.75, 3.05) is 19.8 Å². The van der Waals surface area contributed by atoms with Crippen LogP contribution in [0.2, 0.25) is 0 Å². The van der Waals surface area contributed by atoms with Gasteiger partial charge in [0.1, 0.15) is 6.10 Å². The summed E-state index contributed by atoms with van der Waals surface area (Å²) in [5.41, 5.74) is -0.536. The standard InChI is InChI=1S/C43H87NO4/c1-5-7-9-11-13-15-17-19-21-23-25-27-29-31-33-36-41(48-42(46)44-38-35-39-47-43(3,4)40-45)37-34-32-30-28-26-24-22-20-18-16-14-12-10-8-6-2/h41,45H,5-40H2,1-4H3,(H,44,46). The molecule has 0 aromatic heterocycles. The molecule has 0 atom stereocenters. The minimum Gasteiger partial charge on any atom is -0.446 e. The van der Waals surface area contributed by atoms with E-state index in [4.69, 9.17) is 9.47 Å². The second-order valence-corrected chi connectivity index (χ2v) is 15.6. The lowest BCUT2D eigenvalue weighted by Crippen LogP contribution is -2.32. The predicted molar refractivity (Wildman–Crippen MR) is 209 cm³/mol. The molecule has 0 saturated carbocycles. The maximum absolute atomic E-state index is 12.6. The van der Waals surface area contributed by atoms with E-state index < -0.39 is 5.60 Å². The Hall–Kier alpha value is -0.810. The van der Waals surface area contributed by atoms with Crippen molar-refractivity contribution in [2.24, 2.45) is 0 Å². The van der Waals surface area contributed by atoms with E-state index in [-0.39, 0.29) is 18.8 Å². The van der Waals surface area contributed by atoms with E-state index in [9.17, 15) is 9.90 Å². The number of rotatable bonds is 39. The van der Waals surface area contributed by atoms with Gasteiger partial charge in [0.05, 0.1) is 12.2 Å². The zero-order valence-corrected chi connectivity index (χ0v) is 33.2. The van der Waals surface area contributed by atoms with Gasteiger partial charge in [-0.2, -0.15) is 0 Å². The van der Waals surface area contributed by atoms with Crippen LogP contribution >= 0.6 is 0 Å². The second kappa shape index (κ2) is 37.4. The zero-order valence-electron chi connectivity index (χ0n) is 33.2. The number of unbranched alkanes of at least 4 members (excludes halogenated alkanes) is 28. The van der Waals surface area contributed by atoms with E-state index in [0.29, 0.717) is 19.6 Å². The first-order chi connectivity index (χ1) is 23.4. The molecular formula is C43H87NO4. The fourth-order valence-corrected chi connectivity index (χ4v) is 6.60. The first-order valence-corrected chi connectivity index (χ1v) is 21.6. The van der Waals surface area contributed by atoms with Crippen molar-refractivity contribution in [3.05, 3.63) is 0 Å². The topological polar surface area (TPSA) is 67.8 Å². The molecule has 0 aliphatic heterocycles. The van der Waals surface area contributed by atoms with Crippen LogP contribution in [0.5, 0.6) is 0 Å². The van der Waals surface area contributed by atoms with E-state index in [1.54, 1.807) is 0 Å². The lowest BCUT2D eigenvalue weighted by atomic mass is 10.0. The summed E-state index contributed by atoms with van der Waals surface area (Å²) in [7, 11) is 0. The highest BCUT2D eigenvalue weighted by atomic mass is 16.6. The van der Waals surface area contributed by atoms with Gasteiger partial charge in [0.15, 0.2) is 0 Å². The van der Waals surface area contributed by atoms with E-state index in [2.05, 4.69) is 19.2 Å². The number of hydrogen-bond donors (Lipinski definition) is 2. The van der Waals surface area contributed by atoms with Crippen LogP contribution in [0.4, 0.5) is 4.79 Å². The monoisotopic (exact) mass is 682 g/mol. The van der Waals surface area contributed by atoms with Gasteiger partial charge in [-0.15, -0.1) is 0 Å². The molecule has 0 bridgehead atoms. The minimum absolute atomic E-state index is 0.0111.